The Morgan fingerprint density at radius 2 is 1.65 bits per heavy atom. The van der Waals surface area contributed by atoms with Gasteiger partial charge in [-0.15, -0.1) is 0 Å². The predicted octanol–water partition coefficient (Wildman–Crippen LogP) is 4.61. The van der Waals surface area contributed by atoms with Crippen LogP contribution in [0.2, 0.25) is 0 Å². The average molecular weight is 454 g/mol. The molecule has 3 N–H and O–H groups in total. The number of benzene rings is 3. The molecule has 4 rings (SSSR count). The minimum Gasteiger partial charge on any atom is -0.497 e. The molecule has 4 aromatic rings. The summed E-state index contributed by atoms with van der Waals surface area (Å²) < 4.78 is 5.15. The summed E-state index contributed by atoms with van der Waals surface area (Å²) in [6.45, 7) is 2.47. The highest BCUT2D eigenvalue weighted by molar-refractivity contribution is 6.05. The Balaban J connectivity index is 1.48. The lowest BCUT2D eigenvalue weighted by molar-refractivity contribution is -0.117. The van der Waals surface area contributed by atoms with E-state index in [1.54, 1.807) is 37.5 Å². The molecular formula is C28H27N3O3. The number of hydrogen-bond acceptors (Lipinski definition) is 3. The predicted molar refractivity (Wildman–Crippen MR) is 135 cm³/mol. The number of hydrogen-bond donors (Lipinski definition) is 3. The van der Waals surface area contributed by atoms with Crippen LogP contribution >= 0.6 is 0 Å². The van der Waals surface area contributed by atoms with Crippen molar-refractivity contribution in [3.63, 3.8) is 0 Å². The topological polar surface area (TPSA) is 83.2 Å². The molecule has 1 heterocycles. The molecule has 34 heavy (non-hydrogen) atoms. The molecule has 172 valence electrons. The summed E-state index contributed by atoms with van der Waals surface area (Å²) in [5, 5.41) is 6.87. The van der Waals surface area contributed by atoms with Gasteiger partial charge in [0.25, 0.3) is 11.8 Å². The Bertz CT molecular complexity index is 1320. The van der Waals surface area contributed by atoms with Crippen molar-refractivity contribution in [1.82, 2.24) is 15.6 Å². The van der Waals surface area contributed by atoms with E-state index in [0.717, 1.165) is 22.2 Å². The number of amides is 2. The van der Waals surface area contributed by atoms with Gasteiger partial charge in [-0.25, -0.2) is 0 Å². The van der Waals surface area contributed by atoms with E-state index < -0.39 is 0 Å². The molecule has 0 aliphatic heterocycles. The third kappa shape index (κ3) is 5.35. The first-order chi connectivity index (χ1) is 16.5. The number of aromatic amines is 1. The second-order valence-corrected chi connectivity index (χ2v) is 7.93. The van der Waals surface area contributed by atoms with Gasteiger partial charge in [0, 0.05) is 28.7 Å². The molecule has 2 amide bonds. The van der Waals surface area contributed by atoms with E-state index in [4.69, 9.17) is 4.74 Å². The molecule has 0 unspecified atom stereocenters. The van der Waals surface area contributed by atoms with Gasteiger partial charge in [0.2, 0.25) is 0 Å². The molecule has 6 nitrogen and oxygen atoms in total. The zero-order valence-electron chi connectivity index (χ0n) is 19.2. The Hall–Kier alpha value is -4.32. The van der Waals surface area contributed by atoms with E-state index in [2.05, 4.69) is 21.7 Å². The molecular weight excluding hydrogens is 426 g/mol. The first-order valence-electron chi connectivity index (χ1n) is 11.1. The first-order valence-corrected chi connectivity index (χ1v) is 11.1. The van der Waals surface area contributed by atoms with Crippen LogP contribution < -0.4 is 15.4 Å². The lowest BCUT2D eigenvalue weighted by Gasteiger charge is -2.12. The Morgan fingerprint density at radius 1 is 0.941 bits per heavy atom. The van der Waals surface area contributed by atoms with E-state index >= 15 is 0 Å². The molecule has 0 radical (unpaired) electrons. The van der Waals surface area contributed by atoms with Gasteiger partial charge >= 0.3 is 0 Å². The number of fused-ring (bicyclic) bond motifs is 1. The van der Waals surface area contributed by atoms with Crippen molar-refractivity contribution >= 4 is 28.8 Å². The van der Waals surface area contributed by atoms with Crippen LogP contribution in [0.25, 0.3) is 17.0 Å². The van der Waals surface area contributed by atoms with E-state index in [0.29, 0.717) is 24.3 Å². The van der Waals surface area contributed by atoms with Gasteiger partial charge in [-0.3, -0.25) is 9.59 Å². The van der Waals surface area contributed by atoms with Crippen LogP contribution in [0, 0.1) is 6.92 Å². The molecule has 3 aromatic carbocycles. The molecule has 0 saturated carbocycles. The molecule has 0 spiro atoms. The zero-order valence-corrected chi connectivity index (χ0v) is 19.2. The van der Waals surface area contributed by atoms with Gasteiger partial charge in [-0.2, -0.15) is 0 Å². The van der Waals surface area contributed by atoms with E-state index in [9.17, 15) is 9.59 Å². The summed E-state index contributed by atoms with van der Waals surface area (Å²) in [7, 11) is 1.57. The fourth-order valence-corrected chi connectivity index (χ4v) is 3.86. The lowest BCUT2D eigenvalue weighted by Crippen LogP contribution is -2.35. The van der Waals surface area contributed by atoms with Crippen molar-refractivity contribution in [1.29, 1.82) is 0 Å². The molecule has 0 atom stereocenters. The van der Waals surface area contributed by atoms with Gasteiger partial charge in [-0.05, 0) is 60.9 Å². The molecule has 1 aromatic heterocycles. The number of H-pyrrole nitrogens is 1. The number of carbonyl (C=O) groups is 2. The maximum absolute atomic E-state index is 13.1. The third-order valence-corrected chi connectivity index (χ3v) is 5.64. The number of rotatable bonds is 8. The molecule has 6 heteroatoms. The lowest BCUT2D eigenvalue weighted by atomic mass is 10.1. The van der Waals surface area contributed by atoms with Crippen molar-refractivity contribution in [2.75, 3.05) is 13.7 Å². The monoisotopic (exact) mass is 453 g/mol. The third-order valence-electron chi connectivity index (χ3n) is 5.64. The van der Waals surface area contributed by atoms with Crippen LogP contribution in [-0.4, -0.2) is 30.5 Å². The SMILES string of the molecule is COc1ccc(C(=O)N/C(=C\c2ccccc2)C(=O)NCCc2c(C)[nH]c3ccccc23)cc1. The minimum atomic E-state index is -0.368. The maximum atomic E-state index is 13.1. The van der Waals surface area contributed by atoms with E-state index in [1.165, 1.54) is 5.56 Å². The van der Waals surface area contributed by atoms with Gasteiger partial charge in [0.05, 0.1) is 7.11 Å². The maximum Gasteiger partial charge on any atom is 0.267 e. The van der Waals surface area contributed by atoms with E-state index in [-0.39, 0.29) is 17.5 Å². The van der Waals surface area contributed by atoms with Crippen LogP contribution in [0.1, 0.15) is 27.2 Å². The zero-order chi connectivity index (χ0) is 23.9. The summed E-state index contributed by atoms with van der Waals surface area (Å²) in [5.74, 6) is -0.0578. The van der Waals surface area contributed by atoms with Crippen molar-refractivity contribution in [3.05, 3.63) is 107 Å². The molecule has 0 bridgehead atoms. The van der Waals surface area contributed by atoms with Crippen molar-refractivity contribution in [2.45, 2.75) is 13.3 Å². The Morgan fingerprint density at radius 3 is 2.38 bits per heavy atom. The molecule has 0 fully saturated rings. The number of nitrogens with one attached hydrogen (secondary N) is 3. The number of methoxy groups -OCH3 is 1. The number of aryl methyl sites for hydroxylation is 1. The summed E-state index contributed by atoms with van der Waals surface area (Å²) in [6, 6.07) is 24.3. The van der Waals surface area contributed by atoms with Crippen molar-refractivity contribution in [3.8, 4) is 5.75 Å². The number of carbonyl (C=O) groups excluding carboxylic acids is 2. The van der Waals surface area contributed by atoms with Gasteiger partial charge in [0.1, 0.15) is 11.4 Å². The largest absolute Gasteiger partial charge is 0.497 e. The molecule has 0 aliphatic carbocycles. The van der Waals surface area contributed by atoms with Crippen LogP contribution in [0.4, 0.5) is 0 Å². The van der Waals surface area contributed by atoms with Gasteiger partial charge in [0.15, 0.2) is 0 Å². The van der Waals surface area contributed by atoms with Crippen LogP contribution in [-0.2, 0) is 11.2 Å². The Labute approximate surface area is 198 Å². The first kappa shape index (κ1) is 22.9. The summed E-state index contributed by atoms with van der Waals surface area (Å²) in [5.41, 5.74) is 4.77. The molecule has 0 saturated heterocycles. The second-order valence-electron chi connectivity index (χ2n) is 7.93. The minimum absolute atomic E-state index is 0.183. The van der Waals surface area contributed by atoms with Crippen LogP contribution in [0.5, 0.6) is 5.75 Å². The quantitative estimate of drug-likeness (QED) is 0.341. The number of para-hydroxylation sites is 1. The fraction of sp³-hybridized carbons (Fsp3) is 0.143. The second kappa shape index (κ2) is 10.5. The highest BCUT2D eigenvalue weighted by atomic mass is 16.5. The smallest absolute Gasteiger partial charge is 0.267 e. The summed E-state index contributed by atoms with van der Waals surface area (Å²) in [4.78, 5) is 29.3. The average Bonchev–Trinajstić information content (AvgIpc) is 3.19. The van der Waals surface area contributed by atoms with Crippen LogP contribution in [0.3, 0.4) is 0 Å². The van der Waals surface area contributed by atoms with E-state index in [1.807, 2.05) is 55.5 Å². The highest BCUT2D eigenvalue weighted by Gasteiger charge is 2.15. The number of aromatic nitrogens is 1. The normalized spacial score (nSPS) is 11.3. The van der Waals surface area contributed by atoms with Crippen LogP contribution in [0.15, 0.2) is 84.6 Å². The van der Waals surface area contributed by atoms with Crippen molar-refractivity contribution < 1.29 is 14.3 Å². The standard InChI is InChI=1S/C28H27N3O3/c1-19-23(24-10-6-7-11-25(24)30-19)16-17-29-28(33)26(18-20-8-4-3-5-9-20)31-27(32)21-12-14-22(34-2)15-13-21/h3-15,18,30H,16-17H2,1-2H3,(H,29,33)(H,31,32)/b26-18-. The summed E-state index contributed by atoms with van der Waals surface area (Å²) in [6.07, 6.45) is 2.35. The fourth-order valence-electron chi connectivity index (χ4n) is 3.86. The van der Waals surface area contributed by atoms with Gasteiger partial charge in [-0.1, -0.05) is 48.5 Å². The Kier molecular flexibility index (Phi) is 7.08. The van der Waals surface area contributed by atoms with Gasteiger partial charge < -0.3 is 20.4 Å². The van der Waals surface area contributed by atoms with Crippen molar-refractivity contribution in [2.24, 2.45) is 0 Å². The summed E-state index contributed by atoms with van der Waals surface area (Å²) >= 11 is 0. The highest BCUT2D eigenvalue weighted by Crippen LogP contribution is 2.22. The number of ether oxygens (including phenoxy) is 1. The molecule has 0 aliphatic rings.